The Morgan fingerprint density at radius 1 is 1.32 bits per heavy atom. The number of hydrogen-bond acceptors (Lipinski definition) is 12. The average Bonchev–Trinajstić information content (AvgIpc) is 2.71. The highest BCUT2D eigenvalue weighted by Crippen LogP contribution is 2.37. The number of anilines is 1. The zero-order valence-electron chi connectivity index (χ0n) is 17.1. The van der Waals surface area contributed by atoms with Crippen LogP contribution in [0.15, 0.2) is 23.4 Å². The predicted octanol–water partition coefficient (Wildman–Crippen LogP) is -0.708. The fourth-order valence-electron chi connectivity index (χ4n) is 2.47. The van der Waals surface area contributed by atoms with Crippen molar-refractivity contribution >= 4 is 39.1 Å². The Bertz CT molecular complexity index is 1350. The molecule has 1 aromatic carbocycles. The van der Waals surface area contributed by atoms with Crippen LogP contribution in [0, 0.1) is 21.4 Å². The van der Waals surface area contributed by atoms with Crippen LogP contribution in [0.5, 0.6) is 11.6 Å². The summed E-state index contributed by atoms with van der Waals surface area (Å²) in [5.41, 5.74) is 8.71. The van der Waals surface area contributed by atoms with Crippen LogP contribution in [0.4, 0.5) is 11.5 Å². The summed E-state index contributed by atoms with van der Waals surface area (Å²) >= 11 is 0. The number of carboxylic acid groups (broad SMARTS) is 1. The number of aliphatic carboxylic acids is 1. The number of carbonyl (C=O) groups excluding carboxylic acids is 2. The molecule has 0 spiro atoms. The van der Waals surface area contributed by atoms with Crippen LogP contribution in [-0.2, 0) is 19.4 Å². The summed E-state index contributed by atoms with van der Waals surface area (Å²) < 4.78 is 29.4. The molecule has 2 amide bonds. The molecule has 0 aliphatic rings. The molecule has 1 aromatic heterocycles. The van der Waals surface area contributed by atoms with Crippen LogP contribution in [0.25, 0.3) is 0 Å². The Morgan fingerprint density at radius 2 is 1.97 bits per heavy atom. The first kappa shape index (κ1) is 25.4. The lowest BCUT2D eigenvalue weighted by Crippen LogP contribution is -2.34. The molecular formula is C17H15N7O9S. The summed E-state index contributed by atoms with van der Waals surface area (Å²) in [7, 11) is -4.25. The second kappa shape index (κ2) is 9.74. The summed E-state index contributed by atoms with van der Waals surface area (Å²) in [5.74, 6) is -6.23. The van der Waals surface area contributed by atoms with Crippen molar-refractivity contribution in [2.45, 2.75) is 17.6 Å². The number of primary amides is 2. The Balaban J connectivity index is 2.80. The van der Waals surface area contributed by atoms with E-state index in [-0.39, 0.29) is 11.1 Å². The molecule has 1 unspecified atom stereocenters. The number of carbonyl (C=O) groups is 3. The number of nitro groups is 1. The maximum Gasteiger partial charge on any atom is 0.373 e. The molecule has 1 heterocycles. The van der Waals surface area contributed by atoms with Crippen molar-refractivity contribution in [1.29, 1.82) is 5.26 Å². The fourth-order valence-corrected chi connectivity index (χ4v) is 2.97. The van der Waals surface area contributed by atoms with Gasteiger partial charge in [-0.25, -0.2) is 13.2 Å². The zero-order chi connectivity index (χ0) is 25.8. The van der Waals surface area contributed by atoms with Crippen LogP contribution in [-0.4, -0.2) is 58.5 Å². The van der Waals surface area contributed by atoms with E-state index < -0.39 is 73.3 Å². The molecule has 178 valence electrons. The maximum atomic E-state index is 12.1. The monoisotopic (exact) mass is 493 g/mol. The van der Waals surface area contributed by atoms with E-state index >= 15 is 0 Å². The SMILES string of the molecule is CS(=O)(=O)c1nc(NC(CC(N)=O)C(=O)O)c([N+](=O)[O-])c(Oc2cc(C#N)ccc2C(N)=O)n1. The predicted molar refractivity (Wildman–Crippen MR) is 110 cm³/mol. The molecule has 1 atom stereocenters. The van der Waals surface area contributed by atoms with Gasteiger partial charge in [-0.1, -0.05) is 0 Å². The van der Waals surface area contributed by atoms with Gasteiger partial charge in [-0.3, -0.25) is 19.7 Å². The number of nitriles is 1. The summed E-state index contributed by atoms with van der Waals surface area (Å²) in [5, 5.41) is 31.2. The minimum absolute atomic E-state index is 0.0502. The number of nitrogens with two attached hydrogens (primary N) is 2. The third-order valence-electron chi connectivity index (χ3n) is 3.94. The number of hydrogen-bond donors (Lipinski definition) is 4. The van der Waals surface area contributed by atoms with Gasteiger partial charge in [0.15, 0.2) is 0 Å². The van der Waals surface area contributed by atoms with Crippen molar-refractivity contribution in [2.24, 2.45) is 11.5 Å². The van der Waals surface area contributed by atoms with Crippen molar-refractivity contribution in [3.05, 3.63) is 39.4 Å². The van der Waals surface area contributed by atoms with Crippen molar-refractivity contribution in [2.75, 3.05) is 11.6 Å². The van der Waals surface area contributed by atoms with Gasteiger partial charge < -0.3 is 26.6 Å². The Morgan fingerprint density at radius 3 is 2.44 bits per heavy atom. The topological polar surface area (TPSA) is 272 Å². The first-order valence-electron chi connectivity index (χ1n) is 8.80. The van der Waals surface area contributed by atoms with Crippen LogP contribution < -0.4 is 21.5 Å². The number of amides is 2. The molecule has 34 heavy (non-hydrogen) atoms. The molecule has 0 saturated carbocycles. The lowest BCUT2D eigenvalue weighted by Gasteiger charge is -2.16. The van der Waals surface area contributed by atoms with Gasteiger partial charge in [-0.2, -0.15) is 15.2 Å². The van der Waals surface area contributed by atoms with Gasteiger partial charge in [0.1, 0.15) is 11.8 Å². The molecule has 0 bridgehead atoms. The summed E-state index contributed by atoms with van der Waals surface area (Å²) in [6.45, 7) is 0. The highest BCUT2D eigenvalue weighted by Gasteiger charge is 2.33. The van der Waals surface area contributed by atoms with Crippen LogP contribution in [0.1, 0.15) is 22.3 Å². The van der Waals surface area contributed by atoms with E-state index in [2.05, 4.69) is 15.3 Å². The van der Waals surface area contributed by atoms with E-state index in [0.29, 0.717) is 6.26 Å². The molecule has 0 radical (unpaired) electrons. The number of benzene rings is 1. The third-order valence-corrected chi connectivity index (χ3v) is 4.79. The number of rotatable bonds is 10. The Labute approximate surface area is 190 Å². The van der Waals surface area contributed by atoms with Gasteiger partial charge in [0.2, 0.25) is 21.6 Å². The van der Waals surface area contributed by atoms with Crippen molar-refractivity contribution < 1.29 is 37.6 Å². The number of nitrogens with zero attached hydrogens (tertiary/aromatic N) is 4. The number of aromatic nitrogens is 2. The van der Waals surface area contributed by atoms with Crippen molar-refractivity contribution in [1.82, 2.24) is 9.97 Å². The highest BCUT2D eigenvalue weighted by molar-refractivity contribution is 7.90. The van der Waals surface area contributed by atoms with Crippen molar-refractivity contribution in [3.63, 3.8) is 0 Å². The van der Waals surface area contributed by atoms with E-state index in [1.54, 1.807) is 6.07 Å². The van der Waals surface area contributed by atoms with Crippen LogP contribution in [0.3, 0.4) is 0 Å². The molecule has 0 aliphatic heterocycles. The van der Waals surface area contributed by atoms with Gasteiger partial charge in [0, 0.05) is 6.26 Å². The van der Waals surface area contributed by atoms with E-state index in [1.807, 2.05) is 0 Å². The molecule has 16 nitrogen and oxygen atoms in total. The number of nitrogens with one attached hydrogen (secondary N) is 1. The minimum atomic E-state index is -4.25. The van der Waals surface area contributed by atoms with Crippen LogP contribution >= 0.6 is 0 Å². The minimum Gasteiger partial charge on any atom is -0.480 e. The molecule has 6 N–H and O–H groups in total. The lowest BCUT2D eigenvalue weighted by atomic mass is 10.1. The Kier molecular flexibility index (Phi) is 7.28. The summed E-state index contributed by atoms with van der Waals surface area (Å²) in [4.78, 5) is 52.0. The third kappa shape index (κ3) is 5.89. The van der Waals surface area contributed by atoms with Gasteiger partial charge >= 0.3 is 17.5 Å². The normalized spacial score (nSPS) is 11.6. The van der Waals surface area contributed by atoms with Gasteiger partial charge in [0.25, 0.3) is 11.1 Å². The summed E-state index contributed by atoms with van der Waals surface area (Å²) in [6, 6.07) is 3.19. The molecule has 0 saturated heterocycles. The van der Waals surface area contributed by atoms with E-state index in [4.69, 9.17) is 21.5 Å². The van der Waals surface area contributed by atoms with Crippen LogP contribution in [0.2, 0.25) is 0 Å². The van der Waals surface area contributed by atoms with E-state index in [1.165, 1.54) is 6.07 Å². The van der Waals surface area contributed by atoms with Gasteiger partial charge in [-0.15, -0.1) is 0 Å². The summed E-state index contributed by atoms with van der Waals surface area (Å²) in [6.07, 6.45) is -0.179. The number of carboxylic acids is 1. The average molecular weight is 493 g/mol. The first-order valence-corrected chi connectivity index (χ1v) is 10.7. The largest absolute Gasteiger partial charge is 0.480 e. The van der Waals surface area contributed by atoms with E-state index in [9.17, 15) is 38.0 Å². The fraction of sp³-hybridized carbons (Fsp3) is 0.176. The Hall–Kier alpha value is -4.85. The van der Waals surface area contributed by atoms with Gasteiger partial charge in [0.05, 0.1) is 28.5 Å². The van der Waals surface area contributed by atoms with Crippen molar-refractivity contribution in [3.8, 4) is 17.7 Å². The number of ether oxygens (including phenoxy) is 1. The zero-order valence-corrected chi connectivity index (χ0v) is 17.9. The molecule has 2 rings (SSSR count). The lowest BCUT2D eigenvalue weighted by molar-refractivity contribution is -0.385. The maximum absolute atomic E-state index is 12.1. The van der Waals surface area contributed by atoms with Gasteiger partial charge in [-0.05, 0) is 18.2 Å². The quantitative estimate of drug-likeness (QED) is 0.181. The second-order valence-electron chi connectivity index (χ2n) is 6.53. The molecule has 0 aliphatic carbocycles. The second-order valence-corrected chi connectivity index (χ2v) is 8.44. The first-order chi connectivity index (χ1) is 15.7. The standard InChI is InChI=1S/C17H15N7O9S/c1-34(31,32)17-22-14(21-9(16(27)28)5-11(19)25)12(24(29)30)15(23-17)33-10-4-7(6-18)2-3-8(10)13(20)26/h2-4,9H,5H2,1H3,(H2,19,25)(H2,20,26)(H,27,28)(H,21,22,23). The highest BCUT2D eigenvalue weighted by atomic mass is 32.2. The molecule has 0 fully saturated rings. The molecule has 2 aromatic rings. The van der Waals surface area contributed by atoms with E-state index in [0.717, 1.165) is 12.1 Å². The number of sulfone groups is 1. The molecule has 17 heteroatoms. The molecular weight excluding hydrogens is 478 g/mol. The smallest absolute Gasteiger partial charge is 0.373 e.